The van der Waals surface area contributed by atoms with E-state index in [0.29, 0.717) is 21.3 Å². The molecular weight excluding hydrogens is 403 g/mol. The molecule has 2 aromatic carbocycles. The average molecular weight is 422 g/mol. The summed E-state index contributed by atoms with van der Waals surface area (Å²) >= 11 is 1.14. The Morgan fingerprint density at radius 1 is 1.17 bits per heavy atom. The SMILES string of the molecule is COc1ccc(C(NC(=O)c2cnc(-c3ccccc3F)s2)c2nccn2C)cc1. The predicted molar refractivity (Wildman–Crippen MR) is 113 cm³/mol. The molecule has 0 aliphatic carbocycles. The van der Waals surface area contributed by atoms with Crippen LogP contribution in [-0.4, -0.2) is 27.6 Å². The van der Waals surface area contributed by atoms with Crippen molar-refractivity contribution in [1.29, 1.82) is 0 Å². The van der Waals surface area contributed by atoms with Gasteiger partial charge in [-0.25, -0.2) is 14.4 Å². The van der Waals surface area contributed by atoms with Crippen LogP contribution in [-0.2, 0) is 7.05 Å². The minimum absolute atomic E-state index is 0.307. The molecule has 1 amide bonds. The van der Waals surface area contributed by atoms with Crippen molar-refractivity contribution in [2.45, 2.75) is 6.04 Å². The van der Waals surface area contributed by atoms with Gasteiger partial charge in [0.05, 0.1) is 13.3 Å². The van der Waals surface area contributed by atoms with Crippen molar-refractivity contribution in [3.8, 4) is 16.3 Å². The number of thiazole rings is 1. The van der Waals surface area contributed by atoms with Crippen molar-refractivity contribution in [3.05, 3.63) is 89.2 Å². The molecule has 1 unspecified atom stereocenters. The van der Waals surface area contributed by atoms with Crippen molar-refractivity contribution in [1.82, 2.24) is 19.9 Å². The van der Waals surface area contributed by atoms with Gasteiger partial charge in [0.25, 0.3) is 5.91 Å². The Kier molecular flexibility index (Phi) is 5.58. The van der Waals surface area contributed by atoms with E-state index < -0.39 is 6.04 Å². The van der Waals surface area contributed by atoms with E-state index in [9.17, 15) is 9.18 Å². The molecule has 152 valence electrons. The van der Waals surface area contributed by atoms with E-state index in [1.165, 1.54) is 12.3 Å². The van der Waals surface area contributed by atoms with Crippen LogP contribution in [0.1, 0.15) is 27.1 Å². The van der Waals surface area contributed by atoms with Crippen LogP contribution in [0.15, 0.2) is 67.1 Å². The number of rotatable bonds is 6. The summed E-state index contributed by atoms with van der Waals surface area (Å²) < 4.78 is 21.1. The number of hydrogen-bond donors (Lipinski definition) is 1. The molecule has 4 rings (SSSR count). The van der Waals surface area contributed by atoms with E-state index in [1.54, 1.807) is 31.5 Å². The van der Waals surface area contributed by atoms with Gasteiger partial charge in [-0.2, -0.15) is 0 Å². The second-order valence-electron chi connectivity index (χ2n) is 6.59. The van der Waals surface area contributed by atoms with Crippen LogP contribution in [0.25, 0.3) is 10.6 Å². The number of methoxy groups -OCH3 is 1. The number of nitrogens with zero attached hydrogens (tertiary/aromatic N) is 3. The van der Waals surface area contributed by atoms with Gasteiger partial charge in [0.15, 0.2) is 0 Å². The van der Waals surface area contributed by atoms with E-state index in [-0.39, 0.29) is 11.7 Å². The number of hydrogen-bond acceptors (Lipinski definition) is 5. The van der Waals surface area contributed by atoms with E-state index in [0.717, 1.165) is 22.6 Å². The molecule has 1 atom stereocenters. The number of amides is 1. The average Bonchev–Trinajstić information content (AvgIpc) is 3.42. The van der Waals surface area contributed by atoms with Crippen LogP contribution in [0.4, 0.5) is 4.39 Å². The number of imidazole rings is 1. The summed E-state index contributed by atoms with van der Waals surface area (Å²) in [6.07, 6.45) is 4.97. The van der Waals surface area contributed by atoms with E-state index in [2.05, 4.69) is 15.3 Å². The summed E-state index contributed by atoms with van der Waals surface area (Å²) in [7, 11) is 3.47. The van der Waals surface area contributed by atoms with Gasteiger partial charge in [0.2, 0.25) is 0 Å². The molecule has 0 spiro atoms. The lowest BCUT2D eigenvalue weighted by molar-refractivity contribution is 0.0945. The number of carbonyl (C=O) groups excluding carboxylic acids is 1. The highest BCUT2D eigenvalue weighted by atomic mass is 32.1. The summed E-state index contributed by atoms with van der Waals surface area (Å²) in [5.41, 5.74) is 1.23. The first kappa shape index (κ1) is 19.8. The molecular formula is C22H19FN4O2S. The van der Waals surface area contributed by atoms with E-state index >= 15 is 0 Å². The normalized spacial score (nSPS) is 11.8. The second-order valence-corrected chi connectivity index (χ2v) is 7.62. The Bertz CT molecular complexity index is 1170. The highest BCUT2D eigenvalue weighted by Gasteiger charge is 2.23. The summed E-state index contributed by atoms with van der Waals surface area (Å²) in [6, 6.07) is 13.3. The highest BCUT2D eigenvalue weighted by molar-refractivity contribution is 7.16. The lowest BCUT2D eigenvalue weighted by Gasteiger charge is -2.19. The van der Waals surface area contributed by atoms with Crippen molar-refractivity contribution in [3.63, 3.8) is 0 Å². The fourth-order valence-electron chi connectivity index (χ4n) is 3.09. The zero-order chi connectivity index (χ0) is 21.1. The summed E-state index contributed by atoms with van der Waals surface area (Å²) in [6.45, 7) is 0. The molecule has 0 fully saturated rings. The number of halogens is 1. The summed E-state index contributed by atoms with van der Waals surface area (Å²) in [4.78, 5) is 22.0. The summed E-state index contributed by atoms with van der Waals surface area (Å²) in [5, 5.41) is 3.48. The van der Waals surface area contributed by atoms with Gasteiger partial charge in [-0.05, 0) is 29.8 Å². The molecule has 0 radical (unpaired) electrons. The van der Waals surface area contributed by atoms with E-state index in [1.807, 2.05) is 42.1 Å². The maximum Gasteiger partial charge on any atom is 0.263 e. The van der Waals surface area contributed by atoms with Crippen molar-refractivity contribution < 1.29 is 13.9 Å². The third-order valence-electron chi connectivity index (χ3n) is 4.67. The van der Waals surface area contributed by atoms with Gasteiger partial charge < -0.3 is 14.6 Å². The lowest BCUT2D eigenvalue weighted by Crippen LogP contribution is -2.30. The molecule has 1 N–H and O–H groups in total. The molecule has 0 saturated carbocycles. The molecule has 8 heteroatoms. The second kappa shape index (κ2) is 8.46. The highest BCUT2D eigenvalue weighted by Crippen LogP contribution is 2.28. The number of nitrogens with one attached hydrogen (secondary N) is 1. The molecule has 0 aliphatic heterocycles. The first-order valence-electron chi connectivity index (χ1n) is 9.19. The van der Waals surface area contributed by atoms with Crippen LogP contribution in [0, 0.1) is 5.82 Å². The van der Waals surface area contributed by atoms with Gasteiger partial charge in [-0.3, -0.25) is 4.79 Å². The van der Waals surface area contributed by atoms with Gasteiger partial charge in [-0.15, -0.1) is 11.3 Å². The number of ether oxygens (including phenoxy) is 1. The third kappa shape index (κ3) is 3.95. The fourth-order valence-corrected chi connectivity index (χ4v) is 3.94. The molecule has 0 saturated heterocycles. The number of benzene rings is 2. The van der Waals surface area contributed by atoms with Crippen LogP contribution in [0.2, 0.25) is 0 Å². The van der Waals surface area contributed by atoms with Gasteiger partial charge in [0.1, 0.15) is 33.3 Å². The monoisotopic (exact) mass is 422 g/mol. The van der Waals surface area contributed by atoms with Crippen LogP contribution < -0.4 is 10.1 Å². The smallest absolute Gasteiger partial charge is 0.263 e. The van der Waals surface area contributed by atoms with Gasteiger partial charge in [-0.1, -0.05) is 24.3 Å². The minimum atomic E-state index is -0.470. The maximum absolute atomic E-state index is 14.1. The Labute approximate surface area is 177 Å². The molecule has 2 aromatic heterocycles. The van der Waals surface area contributed by atoms with Crippen LogP contribution in [0.5, 0.6) is 5.75 Å². The molecule has 6 nitrogen and oxygen atoms in total. The predicted octanol–water partition coefficient (Wildman–Crippen LogP) is 4.21. The zero-order valence-electron chi connectivity index (χ0n) is 16.4. The van der Waals surface area contributed by atoms with Gasteiger partial charge >= 0.3 is 0 Å². The molecule has 0 aliphatic rings. The number of aromatic nitrogens is 3. The van der Waals surface area contributed by atoms with Crippen LogP contribution >= 0.6 is 11.3 Å². The minimum Gasteiger partial charge on any atom is -0.497 e. The van der Waals surface area contributed by atoms with E-state index in [4.69, 9.17) is 4.74 Å². The molecule has 4 aromatic rings. The third-order valence-corrected chi connectivity index (χ3v) is 5.70. The first-order chi connectivity index (χ1) is 14.6. The lowest BCUT2D eigenvalue weighted by atomic mass is 10.1. The number of aryl methyl sites for hydroxylation is 1. The van der Waals surface area contributed by atoms with Gasteiger partial charge in [0, 0.05) is 25.0 Å². The summed E-state index contributed by atoms with van der Waals surface area (Å²) in [5.74, 6) is 0.731. The molecule has 30 heavy (non-hydrogen) atoms. The number of carbonyl (C=O) groups is 1. The fraction of sp³-hybridized carbons (Fsp3) is 0.136. The Hall–Kier alpha value is -3.52. The standard InChI is InChI=1S/C22H19FN4O2S/c1-27-12-11-24-20(27)19(14-7-9-15(29-2)10-8-14)26-21(28)18-13-25-22(30-18)16-5-3-4-6-17(16)23/h3-13,19H,1-2H3,(H,26,28). The van der Waals surface area contributed by atoms with Crippen molar-refractivity contribution >= 4 is 17.2 Å². The first-order valence-corrected chi connectivity index (χ1v) is 10.0. The molecule has 2 heterocycles. The molecule has 0 bridgehead atoms. The Morgan fingerprint density at radius 3 is 2.60 bits per heavy atom. The quantitative estimate of drug-likeness (QED) is 0.505. The Morgan fingerprint density at radius 2 is 1.93 bits per heavy atom. The maximum atomic E-state index is 14.1. The van der Waals surface area contributed by atoms with Crippen LogP contribution in [0.3, 0.4) is 0 Å². The Balaban J connectivity index is 1.62. The van der Waals surface area contributed by atoms with Crippen molar-refractivity contribution in [2.24, 2.45) is 7.05 Å². The van der Waals surface area contributed by atoms with Crippen molar-refractivity contribution in [2.75, 3.05) is 7.11 Å². The zero-order valence-corrected chi connectivity index (χ0v) is 17.2. The largest absolute Gasteiger partial charge is 0.497 e. The topological polar surface area (TPSA) is 69.0 Å².